The van der Waals surface area contributed by atoms with E-state index in [0.29, 0.717) is 0 Å². The van der Waals surface area contributed by atoms with Gasteiger partial charge in [-0.1, -0.05) is 13.3 Å². The van der Waals surface area contributed by atoms with Crippen molar-refractivity contribution < 1.29 is 0 Å². The maximum Gasteiger partial charge on any atom is 0.0957 e. The number of piperidine rings is 1. The molecule has 14 heavy (non-hydrogen) atoms. The zero-order valence-corrected chi connectivity index (χ0v) is 9.26. The van der Waals surface area contributed by atoms with Gasteiger partial charge in [0.15, 0.2) is 0 Å². The normalized spacial score (nSPS) is 31.6. The molecule has 1 saturated carbocycles. The van der Waals surface area contributed by atoms with Gasteiger partial charge in [0.25, 0.3) is 0 Å². The fourth-order valence-corrected chi connectivity index (χ4v) is 3.05. The van der Waals surface area contributed by atoms with Crippen LogP contribution < -0.4 is 0 Å². The monoisotopic (exact) mass is 194 g/mol. The van der Waals surface area contributed by atoms with Crippen LogP contribution in [0.15, 0.2) is 0 Å². The molecule has 2 nitrogen and oxygen atoms in total. The third-order valence-electron chi connectivity index (χ3n) is 3.72. The van der Waals surface area contributed by atoms with E-state index in [1.807, 2.05) is 0 Å². The van der Waals surface area contributed by atoms with Crippen molar-refractivity contribution in [2.45, 2.75) is 45.4 Å². The predicted molar refractivity (Wildman–Crippen MR) is 59.7 cm³/mol. The van der Waals surface area contributed by atoms with E-state index in [4.69, 9.17) is 5.41 Å². The SMILES string of the molecule is CCCC(=N)N1CC2CCCC(C2)C1. The van der Waals surface area contributed by atoms with Crippen LogP contribution >= 0.6 is 0 Å². The highest BCUT2D eigenvalue weighted by molar-refractivity contribution is 5.79. The minimum Gasteiger partial charge on any atom is -0.360 e. The number of hydrogen-bond donors (Lipinski definition) is 1. The number of rotatable bonds is 2. The summed E-state index contributed by atoms with van der Waals surface area (Å²) in [6.07, 6.45) is 7.78. The maximum absolute atomic E-state index is 7.99. The van der Waals surface area contributed by atoms with Gasteiger partial charge < -0.3 is 4.90 Å². The first-order chi connectivity index (χ1) is 6.79. The molecule has 2 heteroatoms. The lowest BCUT2D eigenvalue weighted by Gasteiger charge is -2.42. The molecule has 0 radical (unpaired) electrons. The van der Waals surface area contributed by atoms with Gasteiger partial charge in [-0.2, -0.15) is 0 Å². The smallest absolute Gasteiger partial charge is 0.0957 e. The second kappa shape index (κ2) is 4.33. The van der Waals surface area contributed by atoms with Crippen molar-refractivity contribution in [3.05, 3.63) is 0 Å². The van der Waals surface area contributed by atoms with Crippen LogP contribution in [0.25, 0.3) is 0 Å². The van der Waals surface area contributed by atoms with Crippen LogP contribution in [-0.2, 0) is 0 Å². The molecule has 0 spiro atoms. The summed E-state index contributed by atoms with van der Waals surface area (Å²) in [6, 6.07) is 0. The summed E-state index contributed by atoms with van der Waals surface area (Å²) in [7, 11) is 0. The Morgan fingerprint density at radius 3 is 2.50 bits per heavy atom. The molecular weight excluding hydrogens is 172 g/mol. The van der Waals surface area contributed by atoms with E-state index in [0.717, 1.165) is 30.5 Å². The van der Waals surface area contributed by atoms with Crippen LogP contribution in [-0.4, -0.2) is 23.8 Å². The van der Waals surface area contributed by atoms with Crippen molar-refractivity contribution in [2.24, 2.45) is 11.8 Å². The van der Waals surface area contributed by atoms with Crippen molar-refractivity contribution in [3.8, 4) is 0 Å². The Labute approximate surface area is 87.2 Å². The Morgan fingerprint density at radius 1 is 1.29 bits per heavy atom. The van der Waals surface area contributed by atoms with Crippen LogP contribution in [0.5, 0.6) is 0 Å². The van der Waals surface area contributed by atoms with E-state index < -0.39 is 0 Å². The molecule has 0 aromatic heterocycles. The van der Waals surface area contributed by atoms with E-state index >= 15 is 0 Å². The molecule has 1 aliphatic heterocycles. The van der Waals surface area contributed by atoms with Crippen LogP contribution in [0.4, 0.5) is 0 Å². The highest BCUT2D eigenvalue weighted by Crippen LogP contribution is 2.34. The highest BCUT2D eigenvalue weighted by Gasteiger charge is 2.30. The van der Waals surface area contributed by atoms with Crippen molar-refractivity contribution in [2.75, 3.05) is 13.1 Å². The van der Waals surface area contributed by atoms with Gasteiger partial charge in [0.05, 0.1) is 5.84 Å². The number of hydrogen-bond acceptors (Lipinski definition) is 1. The summed E-state index contributed by atoms with van der Waals surface area (Å²) in [5.74, 6) is 2.70. The van der Waals surface area contributed by atoms with Gasteiger partial charge >= 0.3 is 0 Å². The fraction of sp³-hybridized carbons (Fsp3) is 0.917. The van der Waals surface area contributed by atoms with Crippen molar-refractivity contribution in [1.29, 1.82) is 5.41 Å². The summed E-state index contributed by atoms with van der Waals surface area (Å²) in [5, 5.41) is 7.99. The Bertz CT molecular complexity index is 200. The number of nitrogens with one attached hydrogen (secondary N) is 1. The third-order valence-corrected chi connectivity index (χ3v) is 3.72. The van der Waals surface area contributed by atoms with Gasteiger partial charge in [0.1, 0.15) is 0 Å². The van der Waals surface area contributed by atoms with Gasteiger partial charge in [-0.3, -0.25) is 5.41 Å². The molecule has 2 rings (SSSR count). The van der Waals surface area contributed by atoms with Gasteiger partial charge in [-0.15, -0.1) is 0 Å². The Morgan fingerprint density at radius 2 is 1.93 bits per heavy atom. The summed E-state index contributed by atoms with van der Waals surface area (Å²) in [6.45, 7) is 4.52. The quantitative estimate of drug-likeness (QED) is 0.531. The number of fused-ring (bicyclic) bond motifs is 2. The lowest BCUT2D eigenvalue weighted by Crippen LogP contribution is -2.45. The molecule has 1 heterocycles. The molecule has 1 N–H and O–H groups in total. The van der Waals surface area contributed by atoms with Crippen molar-refractivity contribution in [3.63, 3.8) is 0 Å². The molecule has 2 atom stereocenters. The first-order valence-electron chi connectivity index (χ1n) is 6.12. The highest BCUT2D eigenvalue weighted by atomic mass is 15.2. The molecule has 0 aromatic carbocycles. The average Bonchev–Trinajstić information content (AvgIpc) is 2.17. The molecule has 0 aromatic rings. The Kier molecular flexibility index (Phi) is 3.09. The van der Waals surface area contributed by atoms with Crippen LogP contribution in [0.1, 0.15) is 45.4 Å². The molecule has 2 unspecified atom stereocenters. The van der Waals surface area contributed by atoms with Gasteiger partial charge in [-0.05, 0) is 37.5 Å². The number of amidine groups is 1. The van der Waals surface area contributed by atoms with E-state index in [9.17, 15) is 0 Å². The van der Waals surface area contributed by atoms with Gasteiger partial charge in [0, 0.05) is 19.5 Å². The van der Waals surface area contributed by atoms with E-state index in [-0.39, 0.29) is 0 Å². The van der Waals surface area contributed by atoms with Gasteiger partial charge in [-0.25, -0.2) is 0 Å². The molecule has 80 valence electrons. The Balaban J connectivity index is 1.91. The van der Waals surface area contributed by atoms with E-state index in [2.05, 4.69) is 11.8 Å². The van der Waals surface area contributed by atoms with Gasteiger partial charge in [0.2, 0.25) is 0 Å². The molecule has 0 amide bonds. The molecule has 2 bridgehead atoms. The zero-order valence-electron chi connectivity index (χ0n) is 9.26. The average molecular weight is 194 g/mol. The predicted octanol–water partition coefficient (Wildman–Crippen LogP) is 2.89. The fourth-order valence-electron chi connectivity index (χ4n) is 3.05. The van der Waals surface area contributed by atoms with E-state index in [1.54, 1.807) is 0 Å². The summed E-state index contributed by atoms with van der Waals surface area (Å²) >= 11 is 0. The lowest BCUT2D eigenvalue weighted by atomic mass is 9.78. The van der Waals surface area contributed by atoms with Crippen LogP contribution in [0.2, 0.25) is 0 Å². The van der Waals surface area contributed by atoms with Crippen molar-refractivity contribution >= 4 is 5.84 Å². The lowest BCUT2D eigenvalue weighted by molar-refractivity contribution is 0.134. The first-order valence-corrected chi connectivity index (χ1v) is 6.12. The second-order valence-electron chi connectivity index (χ2n) is 5.00. The van der Waals surface area contributed by atoms with Crippen LogP contribution in [0, 0.1) is 17.2 Å². The Hall–Kier alpha value is -0.530. The van der Waals surface area contributed by atoms with Crippen molar-refractivity contribution in [1.82, 2.24) is 4.90 Å². The molecular formula is C12H22N2. The van der Waals surface area contributed by atoms with E-state index in [1.165, 1.54) is 38.8 Å². The number of nitrogens with zero attached hydrogens (tertiary/aromatic N) is 1. The zero-order chi connectivity index (χ0) is 9.97. The summed E-state index contributed by atoms with van der Waals surface area (Å²) in [4.78, 5) is 2.35. The summed E-state index contributed by atoms with van der Waals surface area (Å²) < 4.78 is 0. The molecule has 1 aliphatic carbocycles. The third kappa shape index (κ3) is 2.10. The molecule has 1 saturated heterocycles. The standard InChI is InChI=1S/C12H22N2/c1-2-4-12(13)14-8-10-5-3-6-11(7-10)9-14/h10-11,13H,2-9H2,1H3. The molecule has 2 fully saturated rings. The first kappa shape index (κ1) is 10.0. The maximum atomic E-state index is 7.99. The minimum atomic E-state index is 0.893. The minimum absolute atomic E-state index is 0.893. The largest absolute Gasteiger partial charge is 0.360 e. The summed E-state index contributed by atoms with van der Waals surface area (Å²) in [5.41, 5.74) is 0. The number of likely N-dealkylation sites (tertiary alicyclic amines) is 1. The molecule has 2 aliphatic rings. The van der Waals surface area contributed by atoms with Crippen LogP contribution in [0.3, 0.4) is 0 Å². The second-order valence-corrected chi connectivity index (χ2v) is 5.00. The topological polar surface area (TPSA) is 27.1 Å².